The molecule has 1 aromatic heterocycles. The number of pyridine rings is 1. The van der Waals surface area contributed by atoms with Crippen molar-refractivity contribution in [2.45, 2.75) is 52.3 Å². The minimum Gasteiger partial charge on any atom is -0.384 e. The highest BCUT2D eigenvalue weighted by molar-refractivity contribution is 5.40. The normalized spacial score (nSPS) is 32.0. The van der Waals surface area contributed by atoms with Crippen molar-refractivity contribution in [1.82, 2.24) is 9.88 Å². The molecule has 1 aromatic carbocycles. The molecular formula is C24H33N3O. The molecule has 2 aliphatic rings. The smallest absolute Gasteiger partial charge is 0.128 e. The van der Waals surface area contributed by atoms with E-state index in [1.54, 1.807) is 0 Å². The number of aliphatic hydroxyl groups is 1. The van der Waals surface area contributed by atoms with E-state index >= 15 is 0 Å². The van der Waals surface area contributed by atoms with E-state index in [9.17, 15) is 5.11 Å². The molecule has 4 heteroatoms. The van der Waals surface area contributed by atoms with E-state index in [0.29, 0.717) is 12.1 Å². The van der Waals surface area contributed by atoms with Gasteiger partial charge in [-0.25, -0.2) is 4.98 Å². The molecule has 1 atom stereocenters. The lowest BCUT2D eigenvalue weighted by Gasteiger charge is -2.73. The molecular weight excluding hydrogens is 346 g/mol. The monoisotopic (exact) mass is 379 g/mol. The highest BCUT2D eigenvalue weighted by Crippen LogP contribution is 2.68. The van der Waals surface area contributed by atoms with Crippen LogP contribution in [0.15, 0.2) is 54.7 Å². The fourth-order valence-electron chi connectivity index (χ4n) is 6.41. The van der Waals surface area contributed by atoms with E-state index in [-0.39, 0.29) is 10.8 Å². The Labute approximate surface area is 169 Å². The summed E-state index contributed by atoms with van der Waals surface area (Å²) in [5.74, 6) is 1.06. The lowest BCUT2D eigenvalue weighted by molar-refractivity contribution is -0.311. The van der Waals surface area contributed by atoms with Crippen LogP contribution in [0.25, 0.3) is 0 Å². The average molecular weight is 380 g/mol. The minimum absolute atomic E-state index is 0.237. The Kier molecular flexibility index (Phi) is 4.55. The van der Waals surface area contributed by atoms with Gasteiger partial charge in [0.15, 0.2) is 0 Å². The maximum Gasteiger partial charge on any atom is 0.128 e. The predicted molar refractivity (Wildman–Crippen MR) is 114 cm³/mol. The molecule has 0 amide bonds. The highest BCUT2D eigenvalue weighted by Gasteiger charge is 2.73. The molecule has 1 N–H and O–H groups in total. The maximum atomic E-state index is 11.9. The first-order chi connectivity index (χ1) is 13.2. The van der Waals surface area contributed by atoms with E-state index in [4.69, 9.17) is 0 Å². The van der Waals surface area contributed by atoms with Crippen molar-refractivity contribution >= 4 is 5.82 Å². The zero-order valence-corrected chi connectivity index (χ0v) is 17.8. The van der Waals surface area contributed by atoms with Crippen LogP contribution in [-0.4, -0.2) is 46.7 Å². The second kappa shape index (κ2) is 6.57. The summed E-state index contributed by atoms with van der Waals surface area (Å²) in [6.45, 7) is 14.1. The molecule has 2 fully saturated rings. The number of nitrogens with zero attached hydrogens (tertiary/aromatic N) is 3. The molecule has 0 spiro atoms. The lowest BCUT2D eigenvalue weighted by atomic mass is 9.39. The van der Waals surface area contributed by atoms with E-state index in [1.807, 2.05) is 30.5 Å². The second-order valence-electron chi connectivity index (χ2n) is 9.64. The zero-order chi connectivity index (χ0) is 20.2. The summed E-state index contributed by atoms with van der Waals surface area (Å²) < 4.78 is 0. The molecule has 1 unspecified atom stereocenters. The number of rotatable bonds is 3. The van der Waals surface area contributed by atoms with E-state index in [0.717, 1.165) is 31.0 Å². The first-order valence-corrected chi connectivity index (χ1v) is 10.4. The molecule has 4 rings (SSSR count). The molecule has 0 bridgehead atoms. The molecule has 1 aliphatic heterocycles. The van der Waals surface area contributed by atoms with Crippen LogP contribution >= 0.6 is 0 Å². The fraction of sp³-hybridized carbons (Fsp3) is 0.542. The Morgan fingerprint density at radius 2 is 1.57 bits per heavy atom. The third-order valence-corrected chi connectivity index (χ3v) is 7.41. The topological polar surface area (TPSA) is 39.6 Å². The van der Waals surface area contributed by atoms with Crippen LogP contribution < -0.4 is 4.90 Å². The van der Waals surface area contributed by atoms with Crippen LogP contribution in [0.5, 0.6) is 0 Å². The van der Waals surface area contributed by atoms with Gasteiger partial charge in [0.2, 0.25) is 0 Å². The van der Waals surface area contributed by atoms with Gasteiger partial charge in [-0.2, -0.15) is 0 Å². The number of hydrogen-bond donors (Lipinski definition) is 1. The van der Waals surface area contributed by atoms with Gasteiger partial charge in [0.1, 0.15) is 11.4 Å². The summed E-state index contributed by atoms with van der Waals surface area (Å²) in [6, 6.07) is 17.0. The van der Waals surface area contributed by atoms with Crippen LogP contribution in [0.3, 0.4) is 0 Å². The van der Waals surface area contributed by atoms with Gasteiger partial charge in [-0.05, 0) is 24.6 Å². The Balaban J connectivity index is 1.59. The average Bonchev–Trinajstić information content (AvgIpc) is 2.69. The molecule has 2 aromatic rings. The SMILES string of the molecule is CC1CN(c2ccccn2)CCN1C1C(C)(C)C(O)(c2ccccc2)C1(C)C. The number of benzene rings is 1. The van der Waals surface area contributed by atoms with Crippen LogP contribution in [0.4, 0.5) is 5.82 Å². The third kappa shape index (κ3) is 2.54. The van der Waals surface area contributed by atoms with Crippen molar-refractivity contribution < 1.29 is 5.11 Å². The molecule has 1 saturated carbocycles. The minimum atomic E-state index is -0.843. The van der Waals surface area contributed by atoms with Gasteiger partial charge in [-0.15, -0.1) is 0 Å². The van der Waals surface area contributed by atoms with Gasteiger partial charge < -0.3 is 10.0 Å². The summed E-state index contributed by atoms with van der Waals surface area (Å²) in [5.41, 5.74) is -0.288. The summed E-state index contributed by atoms with van der Waals surface area (Å²) in [4.78, 5) is 9.53. The van der Waals surface area contributed by atoms with Crippen LogP contribution in [0, 0.1) is 10.8 Å². The van der Waals surface area contributed by atoms with Gasteiger partial charge in [0.05, 0.1) is 0 Å². The Hall–Kier alpha value is -1.91. The Morgan fingerprint density at radius 1 is 0.929 bits per heavy atom. The summed E-state index contributed by atoms with van der Waals surface area (Å²) in [6.07, 6.45) is 1.87. The fourth-order valence-corrected chi connectivity index (χ4v) is 6.41. The molecule has 150 valence electrons. The van der Waals surface area contributed by atoms with Crippen molar-refractivity contribution in [3.63, 3.8) is 0 Å². The number of hydrogen-bond acceptors (Lipinski definition) is 4. The zero-order valence-electron chi connectivity index (χ0n) is 17.8. The summed E-state index contributed by atoms with van der Waals surface area (Å²) in [7, 11) is 0. The Bertz CT molecular complexity index is 802. The quantitative estimate of drug-likeness (QED) is 0.878. The maximum absolute atomic E-state index is 11.9. The number of anilines is 1. The van der Waals surface area contributed by atoms with E-state index in [2.05, 4.69) is 73.7 Å². The van der Waals surface area contributed by atoms with Crippen molar-refractivity contribution in [2.75, 3.05) is 24.5 Å². The largest absolute Gasteiger partial charge is 0.384 e. The Morgan fingerprint density at radius 3 is 2.14 bits per heavy atom. The lowest BCUT2D eigenvalue weighted by Crippen LogP contribution is -2.80. The molecule has 2 heterocycles. The highest BCUT2D eigenvalue weighted by atomic mass is 16.3. The van der Waals surface area contributed by atoms with E-state index < -0.39 is 5.60 Å². The molecule has 1 aliphatic carbocycles. The standard InChI is InChI=1S/C24H33N3O/c1-18-17-26(20-13-9-10-14-25-20)15-16-27(18)21-22(2,3)24(28,23(21,4)5)19-11-7-6-8-12-19/h6-14,18,21,28H,15-17H2,1-5H3. The van der Waals surface area contributed by atoms with Gasteiger partial charge in [-0.1, -0.05) is 64.1 Å². The molecule has 28 heavy (non-hydrogen) atoms. The van der Waals surface area contributed by atoms with Crippen molar-refractivity contribution in [3.8, 4) is 0 Å². The first-order valence-electron chi connectivity index (χ1n) is 10.4. The van der Waals surface area contributed by atoms with Gasteiger partial charge in [0.25, 0.3) is 0 Å². The molecule has 1 saturated heterocycles. The summed E-state index contributed by atoms with van der Waals surface area (Å²) >= 11 is 0. The van der Waals surface area contributed by atoms with Crippen LogP contribution in [0.1, 0.15) is 40.2 Å². The van der Waals surface area contributed by atoms with Gasteiger partial charge >= 0.3 is 0 Å². The van der Waals surface area contributed by atoms with E-state index in [1.165, 1.54) is 0 Å². The predicted octanol–water partition coefficient (Wildman–Crippen LogP) is 3.91. The van der Waals surface area contributed by atoms with Gasteiger partial charge in [0, 0.05) is 48.7 Å². The molecule has 4 nitrogen and oxygen atoms in total. The van der Waals surface area contributed by atoms with Crippen molar-refractivity contribution in [1.29, 1.82) is 0 Å². The second-order valence-corrected chi connectivity index (χ2v) is 9.64. The van der Waals surface area contributed by atoms with Gasteiger partial charge in [-0.3, -0.25) is 4.90 Å². The van der Waals surface area contributed by atoms with Crippen LogP contribution in [0.2, 0.25) is 0 Å². The van der Waals surface area contributed by atoms with Crippen molar-refractivity contribution in [2.24, 2.45) is 10.8 Å². The van der Waals surface area contributed by atoms with Crippen molar-refractivity contribution in [3.05, 3.63) is 60.3 Å². The number of piperazine rings is 1. The third-order valence-electron chi connectivity index (χ3n) is 7.41. The summed E-state index contributed by atoms with van der Waals surface area (Å²) in [5, 5.41) is 11.9. The first kappa shape index (κ1) is 19.4. The molecule has 0 radical (unpaired) electrons. The van der Waals surface area contributed by atoms with Crippen LogP contribution in [-0.2, 0) is 5.60 Å². The number of aromatic nitrogens is 1.